The molecule has 0 spiro atoms. The van der Waals surface area contributed by atoms with Crippen molar-refractivity contribution in [3.05, 3.63) is 29.8 Å². The van der Waals surface area contributed by atoms with E-state index < -0.39 is 6.35 Å². The maximum atomic E-state index is 11.2. The van der Waals surface area contributed by atoms with E-state index in [2.05, 4.69) is 5.32 Å². The summed E-state index contributed by atoms with van der Waals surface area (Å²) in [7, 11) is 0. The Hall–Kier alpha value is -1.55. The molecule has 62 valence electrons. The molecule has 1 unspecified atom stereocenters. The second kappa shape index (κ2) is 2.49. The van der Waals surface area contributed by atoms with E-state index in [0.717, 1.165) is 5.69 Å². The molecule has 1 heterocycles. The Labute approximate surface area is 69.3 Å². The van der Waals surface area contributed by atoms with Gasteiger partial charge in [0.15, 0.2) is 0 Å². The Morgan fingerprint density at radius 1 is 1.42 bits per heavy atom. The van der Waals surface area contributed by atoms with Crippen LogP contribution in [0.4, 0.5) is 5.69 Å². The van der Waals surface area contributed by atoms with Gasteiger partial charge in [0, 0.05) is 0 Å². The fraction of sp³-hybridized carbons (Fsp3) is 0.125. The standard InChI is InChI=1S/C8H8N2O2/c9-8-10-6-4-2-1-3-5(6)7(11)12-8/h1-4,8,10H,9H2. The van der Waals surface area contributed by atoms with Gasteiger partial charge in [-0.3, -0.25) is 5.73 Å². The second-order valence-electron chi connectivity index (χ2n) is 2.52. The molecule has 0 fully saturated rings. The number of cyclic esters (lactones) is 1. The Bertz CT molecular complexity index is 325. The van der Waals surface area contributed by atoms with Crippen LogP contribution in [0.2, 0.25) is 0 Å². The molecule has 0 saturated carbocycles. The Balaban J connectivity index is 2.47. The van der Waals surface area contributed by atoms with Crippen molar-refractivity contribution in [3.8, 4) is 0 Å². The number of carbonyl (C=O) groups is 1. The predicted octanol–water partition coefficient (Wildman–Crippen LogP) is 0.511. The second-order valence-corrected chi connectivity index (χ2v) is 2.52. The number of hydrogen-bond donors (Lipinski definition) is 2. The SMILES string of the molecule is NC1Nc2ccccc2C(=O)O1. The van der Waals surface area contributed by atoms with E-state index in [-0.39, 0.29) is 5.97 Å². The number of carbonyl (C=O) groups excluding carboxylic acids is 1. The Morgan fingerprint density at radius 3 is 3.00 bits per heavy atom. The molecule has 0 bridgehead atoms. The number of anilines is 1. The minimum Gasteiger partial charge on any atom is -0.425 e. The van der Waals surface area contributed by atoms with Gasteiger partial charge in [-0.15, -0.1) is 0 Å². The molecular formula is C8H8N2O2. The van der Waals surface area contributed by atoms with Crippen molar-refractivity contribution in [3.63, 3.8) is 0 Å². The van der Waals surface area contributed by atoms with Crippen molar-refractivity contribution in [1.29, 1.82) is 0 Å². The average molecular weight is 164 g/mol. The first-order valence-electron chi connectivity index (χ1n) is 3.59. The fourth-order valence-corrected chi connectivity index (χ4v) is 1.15. The maximum absolute atomic E-state index is 11.2. The summed E-state index contributed by atoms with van der Waals surface area (Å²) in [5, 5.41) is 2.82. The number of esters is 1. The number of benzene rings is 1. The van der Waals surface area contributed by atoms with Gasteiger partial charge in [0.1, 0.15) is 0 Å². The summed E-state index contributed by atoms with van der Waals surface area (Å²) in [6, 6.07) is 7.09. The fourth-order valence-electron chi connectivity index (χ4n) is 1.15. The van der Waals surface area contributed by atoms with E-state index in [1.54, 1.807) is 18.2 Å². The van der Waals surface area contributed by atoms with Crippen LogP contribution in [0, 0.1) is 0 Å². The highest BCUT2D eigenvalue weighted by Gasteiger charge is 2.21. The van der Waals surface area contributed by atoms with Crippen molar-refractivity contribution >= 4 is 11.7 Å². The molecule has 4 nitrogen and oxygen atoms in total. The van der Waals surface area contributed by atoms with Crippen LogP contribution in [0.3, 0.4) is 0 Å². The molecule has 3 N–H and O–H groups in total. The van der Waals surface area contributed by atoms with Gasteiger partial charge in [-0.25, -0.2) is 4.79 Å². The summed E-state index contributed by atoms with van der Waals surface area (Å²) in [6.07, 6.45) is -0.729. The summed E-state index contributed by atoms with van der Waals surface area (Å²) >= 11 is 0. The van der Waals surface area contributed by atoms with Crippen molar-refractivity contribution in [2.45, 2.75) is 6.35 Å². The van der Waals surface area contributed by atoms with Crippen molar-refractivity contribution < 1.29 is 9.53 Å². The van der Waals surface area contributed by atoms with Crippen molar-refractivity contribution in [2.75, 3.05) is 5.32 Å². The zero-order valence-electron chi connectivity index (χ0n) is 6.28. The molecule has 1 aromatic rings. The van der Waals surface area contributed by atoms with Gasteiger partial charge in [-0.2, -0.15) is 0 Å². The molecule has 0 aliphatic carbocycles. The van der Waals surface area contributed by atoms with Crippen LogP contribution in [-0.2, 0) is 4.74 Å². The normalized spacial score (nSPS) is 20.8. The van der Waals surface area contributed by atoms with E-state index in [1.165, 1.54) is 0 Å². The zero-order chi connectivity index (χ0) is 8.55. The lowest BCUT2D eigenvalue weighted by Crippen LogP contribution is -2.39. The molecule has 1 aliphatic heterocycles. The van der Waals surface area contributed by atoms with Crippen LogP contribution in [0.15, 0.2) is 24.3 Å². The molecule has 1 aliphatic rings. The monoisotopic (exact) mass is 164 g/mol. The third-order valence-electron chi connectivity index (χ3n) is 1.68. The molecule has 0 saturated heterocycles. The summed E-state index contributed by atoms with van der Waals surface area (Å²) in [5.41, 5.74) is 6.64. The molecular weight excluding hydrogens is 156 g/mol. The first-order valence-corrected chi connectivity index (χ1v) is 3.59. The molecule has 0 aromatic heterocycles. The van der Waals surface area contributed by atoms with Gasteiger partial charge in [-0.1, -0.05) is 12.1 Å². The van der Waals surface area contributed by atoms with Crippen LogP contribution in [-0.4, -0.2) is 12.3 Å². The Kier molecular flexibility index (Phi) is 1.48. The van der Waals surface area contributed by atoms with E-state index in [9.17, 15) is 4.79 Å². The highest BCUT2D eigenvalue weighted by molar-refractivity contribution is 5.97. The summed E-state index contributed by atoms with van der Waals surface area (Å²) in [5.74, 6) is -0.378. The number of nitrogens with one attached hydrogen (secondary N) is 1. The van der Waals surface area contributed by atoms with Gasteiger partial charge in [0.25, 0.3) is 0 Å². The molecule has 12 heavy (non-hydrogen) atoms. The maximum Gasteiger partial charge on any atom is 0.343 e. The van der Waals surface area contributed by atoms with Crippen LogP contribution in [0.5, 0.6) is 0 Å². The first-order chi connectivity index (χ1) is 5.77. The van der Waals surface area contributed by atoms with Crippen LogP contribution in [0.1, 0.15) is 10.4 Å². The average Bonchev–Trinajstić information content (AvgIpc) is 2.04. The first kappa shape index (κ1) is 7.12. The Morgan fingerprint density at radius 2 is 2.17 bits per heavy atom. The molecule has 1 aromatic carbocycles. The van der Waals surface area contributed by atoms with Crippen LogP contribution in [0.25, 0.3) is 0 Å². The molecule has 0 amide bonds. The van der Waals surface area contributed by atoms with Crippen LogP contribution >= 0.6 is 0 Å². The van der Waals surface area contributed by atoms with Crippen molar-refractivity contribution in [1.82, 2.24) is 0 Å². The van der Waals surface area contributed by atoms with Gasteiger partial charge < -0.3 is 10.1 Å². The molecule has 1 atom stereocenters. The largest absolute Gasteiger partial charge is 0.425 e. The molecule has 0 radical (unpaired) electrons. The van der Waals surface area contributed by atoms with E-state index in [0.29, 0.717) is 5.56 Å². The lowest BCUT2D eigenvalue weighted by atomic mass is 10.1. The highest BCUT2D eigenvalue weighted by atomic mass is 16.6. The number of rotatable bonds is 0. The summed E-state index contributed by atoms with van der Waals surface area (Å²) in [4.78, 5) is 11.2. The number of fused-ring (bicyclic) bond motifs is 1. The lowest BCUT2D eigenvalue weighted by molar-refractivity contribution is 0.0348. The quantitative estimate of drug-likeness (QED) is 0.548. The summed E-state index contributed by atoms with van der Waals surface area (Å²) in [6.45, 7) is 0. The van der Waals surface area contributed by atoms with Crippen LogP contribution < -0.4 is 11.1 Å². The van der Waals surface area contributed by atoms with E-state index >= 15 is 0 Å². The smallest absolute Gasteiger partial charge is 0.343 e. The third-order valence-corrected chi connectivity index (χ3v) is 1.68. The molecule has 2 rings (SSSR count). The number of hydrogen-bond acceptors (Lipinski definition) is 4. The van der Waals surface area contributed by atoms with E-state index in [4.69, 9.17) is 10.5 Å². The zero-order valence-corrected chi connectivity index (χ0v) is 6.28. The summed E-state index contributed by atoms with van der Waals surface area (Å²) < 4.78 is 4.74. The minimum atomic E-state index is -0.729. The van der Waals surface area contributed by atoms with Gasteiger partial charge in [0.05, 0.1) is 11.3 Å². The topological polar surface area (TPSA) is 64.3 Å². The number of para-hydroxylation sites is 1. The van der Waals surface area contributed by atoms with Crippen molar-refractivity contribution in [2.24, 2.45) is 5.73 Å². The minimum absolute atomic E-state index is 0.378. The number of ether oxygens (including phenoxy) is 1. The van der Waals surface area contributed by atoms with Gasteiger partial charge >= 0.3 is 5.97 Å². The number of nitrogens with two attached hydrogens (primary N) is 1. The lowest BCUT2D eigenvalue weighted by Gasteiger charge is -2.22. The highest BCUT2D eigenvalue weighted by Crippen LogP contribution is 2.20. The molecule has 4 heteroatoms. The predicted molar refractivity (Wildman–Crippen MR) is 43.5 cm³/mol. The van der Waals surface area contributed by atoms with Gasteiger partial charge in [0.2, 0.25) is 6.35 Å². The van der Waals surface area contributed by atoms with E-state index in [1.807, 2.05) is 6.07 Å². The van der Waals surface area contributed by atoms with Gasteiger partial charge in [-0.05, 0) is 12.1 Å². The third kappa shape index (κ3) is 1.02.